The van der Waals surface area contributed by atoms with Crippen molar-refractivity contribution in [3.63, 3.8) is 0 Å². The maximum atomic E-state index is 12.0. The van der Waals surface area contributed by atoms with Gasteiger partial charge in [0.05, 0.1) is 12.7 Å². The highest BCUT2D eigenvalue weighted by atomic mass is 35.5. The van der Waals surface area contributed by atoms with E-state index >= 15 is 0 Å². The fourth-order valence-electron chi connectivity index (χ4n) is 1.89. The predicted molar refractivity (Wildman–Crippen MR) is 91.3 cm³/mol. The van der Waals surface area contributed by atoms with Crippen LogP contribution in [0.4, 0.5) is 5.69 Å². The number of nitrogens with one attached hydrogen (secondary N) is 2. The Kier molecular flexibility index (Phi) is 6.59. The van der Waals surface area contributed by atoms with E-state index in [1.165, 1.54) is 19.3 Å². The Morgan fingerprint density at radius 3 is 2.72 bits per heavy atom. The van der Waals surface area contributed by atoms with Gasteiger partial charge < -0.3 is 19.8 Å². The second-order valence-corrected chi connectivity index (χ2v) is 5.55. The number of anilines is 1. The van der Waals surface area contributed by atoms with Gasteiger partial charge in [0.2, 0.25) is 0 Å². The molecule has 1 heterocycles. The molecule has 2 amide bonds. The topological polar surface area (TPSA) is 97.6 Å². The van der Waals surface area contributed by atoms with Crippen LogP contribution in [0.5, 0.6) is 0 Å². The second-order valence-electron chi connectivity index (χ2n) is 5.11. The number of furan rings is 1. The summed E-state index contributed by atoms with van der Waals surface area (Å²) in [5, 5.41) is 5.60. The van der Waals surface area contributed by atoms with Crippen LogP contribution in [0.15, 0.2) is 47.1 Å². The summed E-state index contributed by atoms with van der Waals surface area (Å²) in [6.45, 7) is 1.53. The summed E-state index contributed by atoms with van der Waals surface area (Å²) < 4.78 is 9.95. The summed E-state index contributed by atoms with van der Waals surface area (Å²) in [6, 6.07) is 9.72. The Labute approximate surface area is 149 Å². The van der Waals surface area contributed by atoms with Gasteiger partial charge in [0.1, 0.15) is 0 Å². The maximum Gasteiger partial charge on any atom is 0.308 e. The number of benzene rings is 1. The molecule has 2 aromatic rings. The average Bonchev–Trinajstić information content (AvgIpc) is 3.09. The van der Waals surface area contributed by atoms with Crippen LogP contribution in [-0.2, 0) is 14.3 Å². The minimum Gasteiger partial charge on any atom is -0.459 e. The summed E-state index contributed by atoms with van der Waals surface area (Å²) in [7, 11) is 0. The molecule has 0 saturated carbocycles. The molecule has 0 saturated heterocycles. The molecule has 2 N–H and O–H groups in total. The first kappa shape index (κ1) is 18.5. The standard InChI is InChI=1S/C17H17ClN2O5/c1-11(16(22)20-13-5-2-4-12(18)10-13)25-15(21)7-8-19-17(23)14-6-3-9-24-14/h2-6,9-11H,7-8H2,1H3,(H,19,23)(H,20,22)/t11-/m0/s1. The fourth-order valence-corrected chi connectivity index (χ4v) is 2.08. The van der Waals surface area contributed by atoms with E-state index in [1.54, 1.807) is 30.3 Å². The summed E-state index contributed by atoms with van der Waals surface area (Å²) in [5.41, 5.74) is 0.506. The first-order valence-electron chi connectivity index (χ1n) is 7.53. The molecule has 0 aliphatic rings. The molecule has 1 aromatic carbocycles. The fraction of sp³-hybridized carbons (Fsp3) is 0.235. The Morgan fingerprint density at radius 2 is 2.04 bits per heavy atom. The van der Waals surface area contributed by atoms with Gasteiger partial charge in [0.25, 0.3) is 11.8 Å². The Balaban J connectivity index is 1.72. The van der Waals surface area contributed by atoms with Gasteiger partial charge >= 0.3 is 5.97 Å². The van der Waals surface area contributed by atoms with E-state index in [1.807, 2.05) is 0 Å². The van der Waals surface area contributed by atoms with E-state index in [9.17, 15) is 14.4 Å². The van der Waals surface area contributed by atoms with Crippen molar-refractivity contribution in [2.75, 3.05) is 11.9 Å². The van der Waals surface area contributed by atoms with E-state index < -0.39 is 23.9 Å². The largest absolute Gasteiger partial charge is 0.459 e. The van der Waals surface area contributed by atoms with Crippen LogP contribution >= 0.6 is 11.6 Å². The molecule has 1 aromatic heterocycles. The molecular formula is C17H17ClN2O5. The molecule has 25 heavy (non-hydrogen) atoms. The summed E-state index contributed by atoms with van der Waals surface area (Å²) in [4.78, 5) is 35.3. The normalized spacial score (nSPS) is 11.4. The lowest BCUT2D eigenvalue weighted by Gasteiger charge is -2.13. The quantitative estimate of drug-likeness (QED) is 0.736. The van der Waals surface area contributed by atoms with Gasteiger partial charge in [-0.25, -0.2) is 0 Å². The van der Waals surface area contributed by atoms with Crippen molar-refractivity contribution in [2.24, 2.45) is 0 Å². The zero-order valence-electron chi connectivity index (χ0n) is 13.5. The highest BCUT2D eigenvalue weighted by Crippen LogP contribution is 2.15. The minimum absolute atomic E-state index is 0.0682. The van der Waals surface area contributed by atoms with E-state index in [0.717, 1.165) is 0 Å². The molecule has 132 valence electrons. The van der Waals surface area contributed by atoms with Crippen LogP contribution in [0.3, 0.4) is 0 Å². The molecule has 8 heteroatoms. The number of carbonyl (C=O) groups is 3. The van der Waals surface area contributed by atoms with E-state index in [0.29, 0.717) is 10.7 Å². The van der Waals surface area contributed by atoms with Crippen LogP contribution < -0.4 is 10.6 Å². The number of ether oxygens (including phenoxy) is 1. The number of hydrogen-bond donors (Lipinski definition) is 2. The Morgan fingerprint density at radius 1 is 1.24 bits per heavy atom. The monoisotopic (exact) mass is 364 g/mol. The van der Waals surface area contributed by atoms with Crippen molar-refractivity contribution in [1.29, 1.82) is 0 Å². The zero-order valence-corrected chi connectivity index (χ0v) is 14.2. The maximum absolute atomic E-state index is 12.0. The molecule has 0 fully saturated rings. The third-order valence-corrected chi connectivity index (χ3v) is 3.36. The molecule has 0 bridgehead atoms. The van der Waals surface area contributed by atoms with Crippen molar-refractivity contribution < 1.29 is 23.5 Å². The van der Waals surface area contributed by atoms with E-state index in [-0.39, 0.29) is 18.7 Å². The van der Waals surface area contributed by atoms with Crippen molar-refractivity contribution in [1.82, 2.24) is 5.32 Å². The Hall–Kier alpha value is -2.80. The van der Waals surface area contributed by atoms with E-state index in [4.69, 9.17) is 20.8 Å². The highest BCUT2D eigenvalue weighted by molar-refractivity contribution is 6.30. The van der Waals surface area contributed by atoms with Gasteiger partial charge in [-0.2, -0.15) is 0 Å². The molecular weight excluding hydrogens is 348 g/mol. The minimum atomic E-state index is -0.979. The molecule has 1 atom stereocenters. The van der Waals surface area contributed by atoms with Crippen molar-refractivity contribution in [3.05, 3.63) is 53.4 Å². The number of hydrogen-bond acceptors (Lipinski definition) is 5. The summed E-state index contributed by atoms with van der Waals surface area (Å²) >= 11 is 5.83. The van der Waals surface area contributed by atoms with Gasteiger partial charge in [0, 0.05) is 17.3 Å². The molecule has 0 spiro atoms. The first-order valence-corrected chi connectivity index (χ1v) is 7.91. The summed E-state index contributed by atoms with van der Waals surface area (Å²) in [6.07, 6.45) is 0.331. The lowest BCUT2D eigenvalue weighted by atomic mass is 10.3. The molecule has 0 aliphatic carbocycles. The number of rotatable bonds is 7. The lowest BCUT2D eigenvalue weighted by Crippen LogP contribution is -2.32. The molecule has 0 radical (unpaired) electrons. The van der Waals surface area contributed by atoms with Gasteiger partial charge in [-0.1, -0.05) is 17.7 Å². The summed E-state index contributed by atoms with van der Waals surface area (Å²) in [5.74, 6) is -1.35. The van der Waals surface area contributed by atoms with Crippen molar-refractivity contribution in [3.8, 4) is 0 Å². The van der Waals surface area contributed by atoms with Crippen LogP contribution in [-0.4, -0.2) is 30.4 Å². The molecule has 0 unspecified atom stereocenters. The number of esters is 1. The lowest BCUT2D eigenvalue weighted by molar-refractivity contribution is -0.153. The van der Waals surface area contributed by atoms with Crippen LogP contribution in [0.25, 0.3) is 0 Å². The number of amides is 2. The molecule has 2 rings (SSSR count). The van der Waals surface area contributed by atoms with Gasteiger partial charge in [-0.15, -0.1) is 0 Å². The third kappa shape index (κ3) is 5.96. The van der Waals surface area contributed by atoms with Gasteiger partial charge in [0.15, 0.2) is 11.9 Å². The molecule has 0 aliphatic heterocycles. The smallest absolute Gasteiger partial charge is 0.308 e. The molecule has 7 nitrogen and oxygen atoms in total. The number of halogens is 1. The number of carbonyl (C=O) groups excluding carboxylic acids is 3. The highest BCUT2D eigenvalue weighted by Gasteiger charge is 2.18. The predicted octanol–water partition coefficient (Wildman–Crippen LogP) is 2.62. The first-order chi connectivity index (χ1) is 12.0. The van der Waals surface area contributed by atoms with Crippen LogP contribution in [0.1, 0.15) is 23.9 Å². The van der Waals surface area contributed by atoms with Crippen molar-refractivity contribution in [2.45, 2.75) is 19.4 Å². The average molecular weight is 365 g/mol. The zero-order chi connectivity index (χ0) is 18.2. The van der Waals surface area contributed by atoms with Crippen molar-refractivity contribution >= 4 is 35.1 Å². The second kappa shape index (κ2) is 8.89. The van der Waals surface area contributed by atoms with Gasteiger partial charge in [-0.3, -0.25) is 14.4 Å². The van der Waals surface area contributed by atoms with E-state index in [2.05, 4.69) is 10.6 Å². The van der Waals surface area contributed by atoms with Crippen LogP contribution in [0.2, 0.25) is 5.02 Å². The third-order valence-electron chi connectivity index (χ3n) is 3.13. The van der Waals surface area contributed by atoms with Gasteiger partial charge in [-0.05, 0) is 37.3 Å². The Bertz CT molecular complexity index is 745. The SMILES string of the molecule is C[C@H](OC(=O)CCNC(=O)c1ccco1)C(=O)Nc1cccc(Cl)c1. The van der Waals surface area contributed by atoms with Crippen LogP contribution in [0, 0.1) is 0 Å².